The lowest BCUT2D eigenvalue weighted by molar-refractivity contribution is 0.357. The zero-order valence-corrected chi connectivity index (χ0v) is 15.2. The smallest absolute Gasteiger partial charge is 0.191 e. The summed E-state index contributed by atoms with van der Waals surface area (Å²) in [5.74, 6) is 2.08. The molecule has 2 aromatic carbocycles. The van der Waals surface area contributed by atoms with E-state index in [9.17, 15) is 0 Å². The van der Waals surface area contributed by atoms with E-state index in [4.69, 9.17) is 32.7 Å². The van der Waals surface area contributed by atoms with Gasteiger partial charge in [0.1, 0.15) is 5.02 Å². The minimum atomic E-state index is 0.369. The number of ether oxygens (including phenoxy) is 2. The molecule has 0 fully saturated rings. The predicted octanol–water partition coefficient (Wildman–Crippen LogP) is 7.18. The van der Waals surface area contributed by atoms with Crippen LogP contribution in [0.1, 0.15) is 0 Å². The lowest BCUT2D eigenvalue weighted by Gasteiger charge is -2.23. The van der Waals surface area contributed by atoms with Gasteiger partial charge in [-0.3, -0.25) is 0 Å². The van der Waals surface area contributed by atoms with E-state index in [2.05, 4.69) is 47.8 Å². The molecule has 0 atom stereocenters. The molecule has 98 valence electrons. The maximum absolute atomic E-state index is 6.23. The van der Waals surface area contributed by atoms with Crippen molar-refractivity contribution in [2.24, 2.45) is 0 Å². The van der Waals surface area contributed by atoms with Crippen molar-refractivity contribution in [3.8, 4) is 23.0 Å². The van der Waals surface area contributed by atoms with Crippen LogP contribution in [-0.4, -0.2) is 0 Å². The molecule has 0 amide bonds. The molecule has 0 saturated heterocycles. The Morgan fingerprint density at radius 1 is 0.789 bits per heavy atom. The highest BCUT2D eigenvalue weighted by atomic mass is 79.9. The Morgan fingerprint density at radius 3 is 2.21 bits per heavy atom. The standard InChI is InChI=1S/C12H3Br3Cl2O2/c13-4-1-2-5-6(3-4)19-12-10(17)7(14)9(16)8(15)11(12)18-5/h1-3H. The van der Waals surface area contributed by atoms with Crippen molar-refractivity contribution >= 4 is 71.0 Å². The summed E-state index contributed by atoms with van der Waals surface area (Å²) in [7, 11) is 0. The van der Waals surface area contributed by atoms with Crippen molar-refractivity contribution in [1.82, 2.24) is 0 Å². The number of benzene rings is 2. The van der Waals surface area contributed by atoms with E-state index >= 15 is 0 Å². The first-order chi connectivity index (χ1) is 8.99. The van der Waals surface area contributed by atoms with Gasteiger partial charge < -0.3 is 9.47 Å². The van der Waals surface area contributed by atoms with Crippen LogP contribution in [0.4, 0.5) is 0 Å². The molecule has 3 rings (SSSR count). The zero-order chi connectivity index (χ0) is 13.7. The van der Waals surface area contributed by atoms with Gasteiger partial charge in [0.2, 0.25) is 0 Å². The summed E-state index contributed by atoms with van der Waals surface area (Å²) in [5.41, 5.74) is 0. The Balaban J connectivity index is 2.23. The van der Waals surface area contributed by atoms with Gasteiger partial charge in [0.05, 0.1) is 14.0 Å². The fourth-order valence-corrected chi connectivity index (χ4v) is 3.53. The third-order valence-electron chi connectivity index (χ3n) is 2.51. The Morgan fingerprint density at radius 2 is 1.47 bits per heavy atom. The van der Waals surface area contributed by atoms with Crippen molar-refractivity contribution in [2.75, 3.05) is 0 Å². The quantitative estimate of drug-likeness (QED) is 0.246. The van der Waals surface area contributed by atoms with Gasteiger partial charge in [0.15, 0.2) is 23.0 Å². The van der Waals surface area contributed by atoms with E-state index in [-0.39, 0.29) is 0 Å². The van der Waals surface area contributed by atoms with E-state index in [0.29, 0.717) is 42.0 Å². The van der Waals surface area contributed by atoms with Gasteiger partial charge >= 0.3 is 0 Å². The molecule has 19 heavy (non-hydrogen) atoms. The van der Waals surface area contributed by atoms with Crippen LogP contribution in [0.25, 0.3) is 0 Å². The molecule has 0 aromatic heterocycles. The molecule has 0 radical (unpaired) electrons. The maximum atomic E-state index is 6.23. The lowest BCUT2D eigenvalue weighted by atomic mass is 10.2. The fourth-order valence-electron chi connectivity index (χ4n) is 1.64. The Bertz CT molecular complexity index is 704. The van der Waals surface area contributed by atoms with Gasteiger partial charge in [-0.15, -0.1) is 0 Å². The van der Waals surface area contributed by atoms with Crippen molar-refractivity contribution < 1.29 is 9.47 Å². The highest BCUT2D eigenvalue weighted by Crippen LogP contribution is 2.56. The van der Waals surface area contributed by atoms with Crippen LogP contribution in [0.15, 0.2) is 31.6 Å². The van der Waals surface area contributed by atoms with Crippen LogP contribution in [0.5, 0.6) is 23.0 Å². The average Bonchev–Trinajstić information content (AvgIpc) is 2.41. The highest BCUT2D eigenvalue weighted by molar-refractivity contribution is 9.11. The molecule has 0 spiro atoms. The van der Waals surface area contributed by atoms with Gasteiger partial charge in [-0.05, 0) is 50.1 Å². The number of halogens is 5. The average molecular weight is 490 g/mol. The fraction of sp³-hybridized carbons (Fsp3) is 0. The Hall–Kier alpha value is 0.0600. The second-order valence-corrected chi connectivity index (χ2v) is 6.97. The first-order valence-corrected chi connectivity index (χ1v) is 8.13. The van der Waals surface area contributed by atoms with Crippen LogP contribution >= 0.6 is 71.0 Å². The van der Waals surface area contributed by atoms with Crippen molar-refractivity contribution in [3.63, 3.8) is 0 Å². The Labute approximate surface area is 144 Å². The minimum Gasteiger partial charge on any atom is -0.448 e. The number of hydrogen-bond donors (Lipinski definition) is 0. The third kappa shape index (κ3) is 2.29. The van der Waals surface area contributed by atoms with E-state index in [1.807, 2.05) is 12.1 Å². The molecule has 0 saturated carbocycles. The third-order valence-corrected chi connectivity index (χ3v) is 5.98. The van der Waals surface area contributed by atoms with Crippen molar-refractivity contribution in [3.05, 3.63) is 41.7 Å². The molecule has 0 aliphatic carbocycles. The first kappa shape index (κ1) is 14.0. The minimum absolute atomic E-state index is 0.369. The molecule has 7 heteroatoms. The summed E-state index contributed by atoms with van der Waals surface area (Å²) in [5, 5.41) is 0.807. The molecule has 1 heterocycles. The molecule has 2 nitrogen and oxygen atoms in total. The summed E-state index contributed by atoms with van der Waals surface area (Å²) < 4.78 is 13.6. The lowest BCUT2D eigenvalue weighted by Crippen LogP contribution is -2.01. The monoisotopic (exact) mass is 486 g/mol. The predicted molar refractivity (Wildman–Crippen MR) is 86.2 cm³/mol. The SMILES string of the molecule is Clc1c(Br)c(Cl)c2c(c1Br)Oc1ccc(Br)cc1O2. The van der Waals surface area contributed by atoms with Crippen LogP contribution in [0.3, 0.4) is 0 Å². The number of hydrogen-bond acceptors (Lipinski definition) is 2. The number of rotatable bonds is 0. The second kappa shape index (κ2) is 5.11. The summed E-state index contributed by atoms with van der Waals surface area (Å²) >= 11 is 22.5. The molecule has 1 aliphatic heterocycles. The molecular weight excluding hydrogens is 487 g/mol. The molecule has 0 N–H and O–H groups in total. The van der Waals surface area contributed by atoms with Gasteiger partial charge in [-0.2, -0.15) is 0 Å². The van der Waals surface area contributed by atoms with Crippen LogP contribution in [0.2, 0.25) is 10.0 Å². The van der Waals surface area contributed by atoms with Gasteiger partial charge in [-0.1, -0.05) is 39.1 Å². The maximum Gasteiger partial charge on any atom is 0.191 e. The molecule has 0 bridgehead atoms. The normalized spacial score (nSPS) is 12.3. The number of fused-ring (bicyclic) bond motifs is 2. The molecule has 2 aromatic rings. The van der Waals surface area contributed by atoms with Crippen LogP contribution in [0, 0.1) is 0 Å². The first-order valence-electron chi connectivity index (χ1n) is 5.00. The summed E-state index contributed by atoms with van der Waals surface area (Å²) in [6.45, 7) is 0. The van der Waals surface area contributed by atoms with Crippen molar-refractivity contribution in [1.29, 1.82) is 0 Å². The molecular formula is C12H3Br3Cl2O2. The molecule has 0 unspecified atom stereocenters. The summed E-state index contributed by atoms with van der Waals surface area (Å²) in [6.07, 6.45) is 0. The van der Waals surface area contributed by atoms with E-state index in [1.54, 1.807) is 6.07 Å². The topological polar surface area (TPSA) is 18.5 Å². The van der Waals surface area contributed by atoms with Crippen LogP contribution in [-0.2, 0) is 0 Å². The van der Waals surface area contributed by atoms with E-state index in [1.165, 1.54) is 0 Å². The highest BCUT2D eigenvalue weighted by Gasteiger charge is 2.28. The van der Waals surface area contributed by atoms with Crippen molar-refractivity contribution in [2.45, 2.75) is 0 Å². The van der Waals surface area contributed by atoms with E-state index in [0.717, 1.165) is 4.47 Å². The van der Waals surface area contributed by atoms with Gasteiger partial charge in [0.25, 0.3) is 0 Å². The summed E-state index contributed by atoms with van der Waals surface area (Å²) in [4.78, 5) is 0. The van der Waals surface area contributed by atoms with Gasteiger partial charge in [0, 0.05) is 4.47 Å². The van der Waals surface area contributed by atoms with E-state index < -0.39 is 0 Å². The van der Waals surface area contributed by atoms with Gasteiger partial charge in [-0.25, -0.2) is 0 Å². The zero-order valence-electron chi connectivity index (χ0n) is 8.94. The molecule has 1 aliphatic rings. The van der Waals surface area contributed by atoms with Crippen LogP contribution < -0.4 is 9.47 Å². The second-order valence-electron chi connectivity index (χ2n) is 3.71. The Kier molecular flexibility index (Phi) is 3.77. The largest absolute Gasteiger partial charge is 0.448 e. The summed E-state index contributed by atoms with van der Waals surface area (Å²) in [6, 6.07) is 5.48.